The first-order chi connectivity index (χ1) is 5.43. The Balaban J connectivity index is 2.73. The summed E-state index contributed by atoms with van der Waals surface area (Å²) in [5, 5.41) is 9.90. The van der Waals surface area contributed by atoms with Crippen LogP contribution in [0.25, 0.3) is 0 Å². The van der Waals surface area contributed by atoms with E-state index < -0.39 is 0 Å². The molecule has 1 nitrogen and oxygen atoms in total. The maximum atomic E-state index is 9.90. The van der Waals surface area contributed by atoms with E-state index in [4.69, 9.17) is 0 Å². The monoisotopic (exact) mass is 168 g/mol. The Morgan fingerprint density at radius 1 is 1.50 bits per heavy atom. The van der Waals surface area contributed by atoms with Crippen LogP contribution in [0.3, 0.4) is 0 Å². The van der Waals surface area contributed by atoms with Gasteiger partial charge in [-0.3, -0.25) is 0 Å². The van der Waals surface area contributed by atoms with Crippen LogP contribution in [-0.4, -0.2) is 11.2 Å². The zero-order valence-electron chi connectivity index (χ0n) is 8.59. The zero-order valence-corrected chi connectivity index (χ0v) is 8.59. The van der Waals surface area contributed by atoms with E-state index in [9.17, 15) is 5.11 Å². The number of aliphatic hydroxyl groups is 1. The fraction of sp³-hybridized carbons (Fsp3) is 0.818. The van der Waals surface area contributed by atoms with Gasteiger partial charge in [0.1, 0.15) is 0 Å². The van der Waals surface area contributed by atoms with Crippen molar-refractivity contribution < 1.29 is 5.11 Å². The molecule has 1 N–H and O–H groups in total. The van der Waals surface area contributed by atoms with Crippen LogP contribution in [0.1, 0.15) is 40.5 Å². The number of allylic oxidation sites excluding steroid dienone is 1. The van der Waals surface area contributed by atoms with Gasteiger partial charge in [0.15, 0.2) is 0 Å². The van der Waals surface area contributed by atoms with E-state index in [1.165, 1.54) is 5.57 Å². The molecule has 0 heterocycles. The summed E-state index contributed by atoms with van der Waals surface area (Å²) in [7, 11) is 0. The third-order valence-electron chi connectivity index (χ3n) is 2.70. The summed E-state index contributed by atoms with van der Waals surface area (Å²) >= 11 is 0. The highest BCUT2D eigenvalue weighted by atomic mass is 16.3. The van der Waals surface area contributed by atoms with Crippen LogP contribution in [-0.2, 0) is 0 Å². The molecule has 0 aromatic carbocycles. The molecule has 1 aliphatic carbocycles. The van der Waals surface area contributed by atoms with E-state index in [1.54, 1.807) is 0 Å². The topological polar surface area (TPSA) is 20.2 Å². The van der Waals surface area contributed by atoms with E-state index in [2.05, 4.69) is 33.8 Å². The van der Waals surface area contributed by atoms with Gasteiger partial charge in [0.25, 0.3) is 0 Å². The lowest BCUT2D eigenvalue weighted by Gasteiger charge is -2.22. The second-order valence-electron chi connectivity index (χ2n) is 4.88. The summed E-state index contributed by atoms with van der Waals surface area (Å²) in [6, 6.07) is 0. The van der Waals surface area contributed by atoms with Crippen LogP contribution in [0.5, 0.6) is 0 Å². The molecule has 1 aliphatic rings. The minimum absolute atomic E-state index is 0.0979. The molecular formula is C11H20O. The quantitative estimate of drug-likeness (QED) is 0.597. The molecule has 70 valence electrons. The van der Waals surface area contributed by atoms with E-state index in [0.29, 0.717) is 5.92 Å². The molecule has 1 rings (SSSR count). The Hall–Kier alpha value is -0.300. The molecule has 1 heteroatoms. The molecule has 0 bridgehead atoms. The molecule has 0 radical (unpaired) electrons. The van der Waals surface area contributed by atoms with Crippen molar-refractivity contribution in [2.24, 2.45) is 11.3 Å². The Morgan fingerprint density at radius 3 is 2.42 bits per heavy atom. The lowest BCUT2D eigenvalue weighted by atomic mass is 9.88. The molecule has 0 aromatic rings. The lowest BCUT2D eigenvalue weighted by molar-refractivity contribution is 0.104. The number of hydrogen-bond acceptors (Lipinski definition) is 1. The molecule has 1 fully saturated rings. The number of rotatable bonds is 1. The van der Waals surface area contributed by atoms with Crippen molar-refractivity contribution in [2.75, 3.05) is 0 Å². The minimum Gasteiger partial charge on any atom is -0.388 e. The second-order valence-corrected chi connectivity index (χ2v) is 4.88. The molecule has 0 saturated heterocycles. The Morgan fingerprint density at radius 2 is 2.08 bits per heavy atom. The average molecular weight is 168 g/mol. The Bertz CT molecular complexity index is 189. The Labute approximate surface area is 75.5 Å². The molecule has 1 saturated carbocycles. The molecule has 0 aromatic heterocycles. The van der Waals surface area contributed by atoms with Gasteiger partial charge >= 0.3 is 0 Å². The highest BCUT2D eigenvalue weighted by molar-refractivity contribution is 5.18. The summed E-state index contributed by atoms with van der Waals surface area (Å²) in [5.74, 6) is 0.559. The zero-order chi connectivity index (χ0) is 9.35. The van der Waals surface area contributed by atoms with Crippen LogP contribution >= 0.6 is 0 Å². The van der Waals surface area contributed by atoms with Gasteiger partial charge in [-0.2, -0.15) is 0 Å². The summed E-state index contributed by atoms with van der Waals surface area (Å²) in [6.07, 6.45) is 4.19. The lowest BCUT2D eigenvalue weighted by Crippen LogP contribution is -2.23. The maximum absolute atomic E-state index is 9.90. The van der Waals surface area contributed by atoms with Gasteiger partial charge in [0.05, 0.1) is 6.10 Å². The van der Waals surface area contributed by atoms with Gasteiger partial charge in [0, 0.05) is 0 Å². The molecule has 0 spiro atoms. The third kappa shape index (κ3) is 1.89. The predicted molar refractivity (Wildman–Crippen MR) is 51.9 cm³/mol. The van der Waals surface area contributed by atoms with Gasteiger partial charge < -0.3 is 5.11 Å². The Kier molecular flexibility index (Phi) is 2.62. The fourth-order valence-electron chi connectivity index (χ4n) is 1.84. The standard InChI is InChI=1S/C11H20O/c1-8(2)7-9-5-6-11(3,4)10(9)12/h7-8,10,12H,5-6H2,1-4H3/b9-7+. The van der Waals surface area contributed by atoms with E-state index in [-0.39, 0.29) is 11.5 Å². The van der Waals surface area contributed by atoms with Crippen molar-refractivity contribution in [3.63, 3.8) is 0 Å². The SMILES string of the molecule is CC(C)/C=C1\CCC(C)(C)C1O. The van der Waals surface area contributed by atoms with Crippen LogP contribution in [0.2, 0.25) is 0 Å². The summed E-state index contributed by atoms with van der Waals surface area (Å²) in [4.78, 5) is 0. The predicted octanol–water partition coefficient (Wildman–Crippen LogP) is 2.75. The highest BCUT2D eigenvalue weighted by Gasteiger charge is 2.36. The van der Waals surface area contributed by atoms with Gasteiger partial charge in [-0.15, -0.1) is 0 Å². The average Bonchev–Trinajstić information content (AvgIpc) is 2.15. The molecule has 1 atom stereocenters. The van der Waals surface area contributed by atoms with Crippen LogP contribution in [0.15, 0.2) is 11.6 Å². The first-order valence-electron chi connectivity index (χ1n) is 4.82. The largest absolute Gasteiger partial charge is 0.388 e. The van der Waals surface area contributed by atoms with Crippen molar-refractivity contribution in [1.82, 2.24) is 0 Å². The molecule has 0 aliphatic heterocycles. The summed E-state index contributed by atoms with van der Waals surface area (Å²) < 4.78 is 0. The van der Waals surface area contributed by atoms with Crippen LogP contribution < -0.4 is 0 Å². The van der Waals surface area contributed by atoms with E-state index in [0.717, 1.165) is 12.8 Å². The van der Waals surface area contributed by atoms with Gasteiger partial charge in [-0.25, -0.2) is 0 Å². The first-order valence-corrected chi connectivity index (χ1v) is 4.82. The van der Waals surface area contributed by atoms with Crippen molar-refractivity contribution in [1.29, 1.82) is 0 Å². The van der Waals surface area contributed by atoms with Crippen LogP contribution in [0, 0.1) is 11.3 Å². The van der Waals surface area contributed by atoms with E-state index >= 15 is 0 Å². The summed E-state index contributed by atoms with van der Waals surface area (Å²) in [5.41, 5.74) is 1.34. The smallest absolute Gasteiger partial charge is 0.0801 e. The molecular weight excluding hydrogens is 148 g/mol. The minimum atomic E-state index is -0.208. The second kappa shape index (κ2) is 3.21. The van der Waals surface area contributed by atoms with Crippen LogP contribution in [0.4, 0.5) is 0 Å². The van der Waals surface area contributed by atoms with Crippen molar-refractivity contribution in [3.8, 4) is 0 Å². The van der Waals surface area contributed by atoms with Crippen molar-refractivity contribution >= 4 is 0 Å². The third-order valence-corrected chi connectivity index (χ3v) is 2.70. The normalized spacial score (nSPS) is 31.8. The van der Waals surface area contributed by atoms with E-state index in [1.807, 2.05) is 0 Å². The fourth-order valence-corrected chi connectivity index (χ4v) is 1.84. The first kappa shape index (κ1) is 9.79. The molecule has 1 unspecified atom stereocenters. The highest BCUT2D eigenvalue weighted by Crippen LogP contribution is 2.41. The number of hydrogen-bond donors (Lipinski definition) is 1. The van der Waals surface area contributed by atoms with Gasteiger partial charge in [0.2, 0.25) is 0 Å². The summed E-state index contributed by atoms with van der Waals surface area (Å²) in [6.45, 7) is 8.59. The van der Waals surface area contributed by atoms with Gasteiger partial charge in [-0.1, -0.05) is 33.8 Å². The maximum Gasteiger partial charge on any atom is 0.0801 e. The molecule has 12 heavy (non-hydrogen) atoms. The number of aliphatic hydroxyl groups excluding tert-OH is 1. The van der Waals surface area contributed by atoms with Crippen molar-refractivity contribution in [2.45, 2.75) is 46.6 Å². The molecule has 0 amide bonds. The van der Waals surface area contributed by atoms with Crippen molar-refractivity contribution in [3.05, 3.63) is 11.6 Å². The van der Waals surface area contributed by atoms with Gasteiger partial charge in [-0.05, 0) is 29.7 Å².